The summed E-state index contributed by atoms with van der Waals surface area (Å²) in [5, 5.41) is 0. The van der Waals surface area contributed by atoms with Crippen LogP contribution >= 0.6 is 0 Å². The lowest BCUT2D eigenvalue weighted by Gasteiger charge is -2.44. The highest BCUT2D eigenvalue weighted by atomic mass is 28.4. The molecule has 0 N–H and O–H groups in total. The molecule has 0 aromatic carbocycles. The quantitative estimate of drug-likeness (QED) is 0.641. The third-order valence-corrected chi connectivity index (χ3v) is 6.76. The van der Waals surface area contributed by atoms with E-state index in [0.717, 1.165) is 5.92 Å². The second-order valence-corrected chi connectivity index (χ2v) is 7.12. The van der Waals surface area contributed by atoms with Crippen molar-refractivity contribution in [1.82, 2.24) is 0 Å². The third kappa shape index (κ3) is 2.03. The molecule has 1 saturated carbocycles. The van der Waals surface area contributed by atoms with Crippen molar-refractivity contribution in [2.45, 2.75) is 38.1 Å². The molecule has 0 aliphatic heterocycles. The van der Waals surface area contributed by atoms with Crippen molar-refractivity contribution in [2.24, 2.45) is 5.92 Å². The molecule has 0 aromatic heterocycles. The minimum atomic E-state index is -2.33. The molecule has 84 valence electrons. The maximum absolute atomic E-state index is 5.51. The van der Waals surface area contributed by atoms with Gasteiger partial charge in [0.05, 0.1) is 0 Å². The predicted molar refractivity (Wildman–Crippen MR) is 58.2 cm³/mol. The highest BCUT2D eigenvalue weighted by molar-refractivity contribution is 6.62. The molecule has 3 nitrogen and oxygen atoms in total. The average Bonchev–Trinajstić information content (AvgIpc) is 2.21. The summed E-state index contributed by atoms with van der Waals surface area (Å²) in [5.41, 5.74) is 0.530. The Hall–Kier alpha value is 0.0969. The number of hydrogen-bond acceptors (Lipinski definition) is 3. The van der Waals surface area contributed by atoms with Crippen molar-refractivity contribution in [2.75, 3.05) is 21.3 Å². The van der Waals surface area contributed by atoms with Gasteiger partial charge in [0.15, 0.2) is 0 Å². The van der Waals surface area contributed by atoms with Gasteiger partial charge in [-0.1, -0.05) is 19.8 Å². The summed E-state index contributed by atoms with van der Waals surface area (Å²) in [6, 6.07) is 0. The van der Waals surface area contributed by atoms with E-state index in [2.05, 4.69) is 6.92 Å². The minimum absolute atomic E-state index is 0.530. The van der Waals surface area contributed by atoms with Crippen LogP contribution in [-0.4, -0.2) is 30.1 Å². The molecule has 0 heterocycles. The summed E-state index contributed by atoms with van der Waals surface area (Å²) in [4.78, 5) is 0. The van der Waals surface area contributed by atoms with Gasteiger partial charge in [0.1, 0.15) is 0 Å². The van der Waals surface area contributed by atoms with E-state index < -0.39 is 8.80 Å². The third-order valence-electron chi connectivity index (χ3n) is 3.38. The van der Waals surface area contributed by atoms with E-state index >= 15 is 0 Å². The lowest BCUT2D eigenvalue weighted by Crippen LogP contribution is -2.53. The Labute approximate surface area is 88.1 Å². The van der Waals surface area contributed by atoms with E-state index in [1.807, 2.05) is 0 Å². The molecule has 4 heteroatoms. The van der Waals surface area contributed by atoms with Gasteiger partial charge in [-0.3, -0.25) is 0 Å². The molecular formula is C10H22O3Si. The molecule has 0 aromatic rings. The van der Waals surface area contributed by atoms with E-state index in [1.165, 1.54) is 25.7 Å². The number of rotatable bonds is 6. The van der Waals surface area contributed by atoms with Crippen LogP contribution < -0.4 is 0 Å². The van der Waals surface area contributed by atoms with Crippen molar-refractivity contribution in [1.29, 1.82) is 0 Å². The summed E-state index contributed by atoms with van der Waals surface area (Å²) in [7, 11) is 2.79. The standard InChI is InChI=1S/C10H22O3Si/c1-5-6-9-7-8-10(9)14(11-2,12-3)13-4/h9-10H,5-8H2,1-4H3. The largest absolute Gasteiger partial charge is 0.503 e. The maximum Gasteiger partial charge on any atom is 0.503 e. The van der Waals surface area contributed by atoms with E-state index in [4.69, 9.17) is 13.3 Å². The molecule has 1 aliphatic rings. The molecule has 0 spiro atoms. The van der Waals surface area contributed by atoms with Crippen molar-refractivity contribution in [3.63, 3.8) is 0 Å². The van der Waals surface area contributed by atoms with Crippen LogP contribution in [0.4, 0.5) is 0 Å². The zero-order valence-corrected chi connectivity index (χ0v) is 10.7. The van der Waals surface area contributed by atoms with Gasteiger partial charge in [-0.15, -0.1) is 0 Å². The fourth-order valence-corrected chi connectivity index (χ4v) is 5.29. The second-order valence-electron chi connectivity index (χ2n) is 3.95. The first kappa shape index (κ1) is 12.2. The first-order valence-electron chi connectivity index (χ1n) is 5.39. The molecule has 14 heavy (non-hydrogen) atoms. The lowest BCUT2D eigenvalue weighted by molar-refractivity contribution is 0.0770. The summed E-state index contributed by atoms with van der Waals surface area (Å²) < 4.78 is 16.5. The molecule has 2 atom stereocenters. The summed E-state index contributed by atoms with van der Waals surface area (Å²) in [6.07, 6.45) is 5.02. The van der Waals surface area contributed by atoms with Crippen LogP contribution in [0.5, 0.6) is 0 Å². The molecular weight excluding hydrogens is 196 g/mol. The monoisotopic (exact) mass is 218 g/mol. The van der Waals surface area contributed by atoms with Gasteiger partial charge in [0.25, 0.3) is 0 Å². The first-order chi connectivity index (χ1) is 6.74. The van der Waals surface area contributed by atoms with Gasteiger partial charge in [0, 0.05) is 26.9 Å². The van der Waals surface area contributed by atoms with E-state index in [9.17, 15) is 0 Å². The smallest absolute Gasteiger partial charge is 0.377 e. The van der Waals surface area contributed by atoms with E-state index in [1.54, 1.807) is 21.3 Å². The van der Waals surface area contributed by atoms with Gasteiger partial charge < -0.3 is 13.3 Å². The highest BCUT2D eigenvalue weighted by Gasteiger charge is 2.54. The van der Waals surface area contributed by atoms with Crippen LogP contribution in [0.15, 0.2) is 0 Å². The fourth-order valence-electron chi connectivity index (χ4n) is 2.45. The van der Waals surface area contributed by atoms with Gasteiger partial charge >= 0.3 is 8.80 Å². The SMILES string of the molecule is CCCC1CCC1[Si](OC)(OC)OC. The first-order valence-corrected chi connectivity index (χ1v) is 7.19. The van der Waals surface area contributed by atoms with Crippen LogP contribution in [-0.2, 0) is 13.3 Å². The molecule has 1 fully saturated rings. The Kier molecular flexibility index (Phi) is 4.57. The zero-order chi connectivity index (χ0) is 10.6. The Balaban J connectivity index is 2.59. The minimum Gasteiger partial charge on any atom is -0.377 e. The number of hydrogen-bond donors (Lipinski definition) is 0. The van der Waals surface area contributed by atoms with Crippen LogP contribution in [0.1, 0.15) is 32.6 Å². The Morgan fingerprint density at radius 3 is 1.93 bits per heavy atom. The Morgan fingerprint density at radius 2 is 1.64 bits per heavy atom. The van der Waals surface area contributed by atoms with Gasteiger partial charge in [-0.05, 0) is 18.8 Å². The Morgan fingerprint density at radius 1 is 1.07 bits per heavy atom. The van der Waals surface area contributed by atoms with E-state index in [0.29, 0.717) is 5.54 Å². The molecule has 1 rings (SSSR count). The molecule has 0 saturated heterocycles. The predicted octanol–water partition coefficient (Wildman–Crippen LogP) is 2.44. The zero-order valence-electron chi connectivity index (χ0n) is 9.71. The normalized spacial score (nSPS) is 27.4. The van der Waals surface area contributed by atoms with Crippen LogP contribution in [0.2, 0.25) is 5.54 Å². The van der Waals surface area contributed by atoms with Gasteiger partial charge in [-0.25, -0.2) is 0 Å². The average molecular weight is 218 g/mol. The topological polar surface area (TPSA) is 27.7 Å². The summed E-state index contributed by atoms with van der Waals surface area (Å²) in [6.45, 7) is 2.23. The molecule has 0 bridgehead atoms. The van der Waals surface area contributed by atoms with Crippen LogP contribution in [0.3, 0.4) is 0 Å². The molecule has 0 amide bonds. The Bertz CT molecular complexity index is 162. The maximum atomic E-state index is 5.51. The fraction of sp³-hybridized carbons (Fsp3) is 1.00. The van der Waals surface area contributed by atoms with E-state index in [-0.39, 0.29) is 0 Å². The van der Waals surface area contributed by atoms with Crippen LogP contribution in [0.25, 0.3) is 0 Å². The van der Waals surface area contributed by atoms with Crippen molar-refractivity contribution in [3.8, 4) is 0 Å². The second kappa shape index (κ2) is 5.26. The lowest BCUT2D eigenvalue weighted by atomic mass is 9.81. The summed E-state index contributed by atoms with van der Waals surface area (Å²) >= 11 is 0. The van der Waals surface area contributed by atoms with Crippen molar-refractivity contribution in [3.05, 3.63) is 0 Å². The van der Waals surface area contributed by atoms with Gasteiger partial charge in [-0.2, -0.15) is 0 Å². The molecule has 1 aliphatic carbocycles. The van der Waals surface area contributed by atoms with Crippen molar-refractivity contribution < 1.29 is 13.3 Å². The highest BCUT2D eigenvalue weighted by Crippen LogP contribution is 2.49. The van der Waals surface area contributed by atoms with Crippen molar-refractivity contribution >= 4 is 8.80 Å². The molecule has 0 radical (unpaired) electrons. The van der Waals surface area contributed by atoms with Gasteiger partial charge in [0.2, 0.25) is 0 Å². The molecule has 2 unspecified atom stereocenters. The van der Waals surface area contributed by atoms with Crippen LogP contribution in [0, 0.1) is 5.92 Å². The summed E-state index contributed by atoms with van der Waals surface area (Å²) in [5.74, 6) is 0.756.